The molecule has 0 aromatic heterocycles. The number of hydrazine groups is 1. The maximum Gasteiger partial charge on any atom is 0.270 e. The van der Waals surface area contributed by atoms with Crippen LogP contribution in [0, 0.1) is 10.1 Å². The smallest absolute Gasteiger partial charge is 0.270 e. The first-order valence-electron chi connectivity index (χ1n) is 6.53. The third kappa shape index (κ3) is 2.88. The van der Waals surface area contributed by atoms with Gasteiger partial charge in [-0.25, -0.2) is 0 Å². The van der Waals surface area contributed by atoms with Gasteiger partial charge in [-0.05, 0) is 25.8 Å². The average Bonchev–Trinajstić information content (AvgIpc) is 2.84. The van der Waals surface area contributed by atoms with Gasteiger partial charge < -0.3 is 10.7 Å². The van der Waals surface area contributed by atoms with E-state index >= 15 is 0 Å². The normalized spacial score (nSPS) is 16.7. The number of anilines is 1. The molecule has 1 aliphatic carbocycles. The lowest BCUT2D eigenvalue weighted by molar-refractivity contribution is -0.384. The summed E-state index contributed by atoms with van der Waals surface area (Å²) in [6, 6.07) is 3.98. The van der Waals surface area contributed by atoms with Gasteiger partial charge in [-0.1, -0.05) is 12.8 Å². The number of nitrogen functional groups attached to an aromatic ring is 1. The number of hydrogen-bond donors (Lipinski definition) is 3. The Balaban J connectivity index is 2.27. The molecule has 7 nitrogen and oxygen atoms in total. The predicted octanol–water partition coefficient (Wildman–Crippen LogP) is 1.94. The third-order valence-electron chi connectivity index (χ3n) is 3.74. The van der Waals surface area contributed by atoms with Crippen LogP contribution in [0.4, 0.5) is 11.4 Å². The summed E-state index contributed by atoms with van der Waals surface area (Å²) in [4.78, 5) is 22.6. The monoisotopic (exact) mass is 278 g/mol. The molecule has 0 bridgehead atoms. The molecule has 0 atom stereocenters. The first-order valence-corrected chi connectivity index (χ1v) is 6.53. The molecule has 0 aliphatic heterocycles. The predicted molar refractivity (Wildman–Crippen MR) is 75.2 cm³/mol. The van der Waals surface area contributed by atoms with E-state index in [1.807, 2.05) is 6.92 Å². The Labute approximate surface area is 116 Å². The first kappa shape index (κ1) is 14.3. The van der Waals surface area contributed by atoms with Gasteiger partial charge in [-0.2, -0.15) is 0 Å². The fourth-order valence-electron chi connectivity index (χ4n) is 2.58. The highest BCUT2D eigenvalue weighted by atomic mass is 16.6. The minimum atomic E-state index is -0.533. The van der Waals surface area contributed by atoms with Gasteiger partial charge in [0.1, 0.15) is 0 Å². The number of hydrogen-bond acceptors (Lipinski definition) is 5. The van der Waals surface area contributed by atoms with Crippen LogP contribution >= 0.6 is 0 Å². The van der Waals surface area contributed by atoms with Crippen molar-refractivity contribution >= 4 is 17.3 Å². The standard InChI is InChI=1S/C13H18N4O3/c1-13(6-2-3-7-13)15-12(18)10-8-9(17(19)20)4-5-11(10)16-14/h4-5,8,16H,2-3,6-7,14H2,1H3,(H,15,18). The third-order valence-corrected chi connectivity index (χ3v) is 3.74. The lowest BCUT2D eigenvalue weighted by Gasteiger charge is -2.25. The van der Waals surface area contributed by atoms with Crippen LogP contribution in [0.5, 0.6) is 0 Å². The maximum atomic E-state index is 12.3. The molecule has 7 heteroatoms. The largest absolute Gasteiger partial charge is 0.347 e. The molecule has 20 heavy (non-hydrogen) atoms. The number of rotatable bonds is 4. The fraction of sp³-hybridized carbons (Fsp3) is 0.462. The van der Waals surface area contributed by atoms with Gasteiger partial charge in [0, 0.05) is 17.7 Å². The van der Waals surface area contributed by atoms with Crippen LogP contribution in [0.25, 0.3) is 0 Å². The quantitative estimate of drug-likeness (QED) is 0.443. The highest BCUT2D eigenvalue weighted by Gasteiger charge is 2.31. The molecule has 4 N–H and O–H groups in total. The second-order valence-electron chi connectivity index (χ2n) is 5.35. The van der Waals surface area contributed by atoms with Gasteiger partial charge in [0.2, 0.25) is 0 Å². The molecule has 1 aromatic rings. The zero-order chi connectivity index (χ0) is 14.8. The fourth-order valence-corrected chi connectivity index (χ4v) is 2.58. The second kappa shape index (κ2) is 5.46. The summed E-state index contributed by atoms with van der Waals surface area (Å²) >= 11 is 0. The zero-order valence-electron chi connectivity index (χ0n) is 11.3. The highest BCUT2D eigenvalue weighted by molar-refractivity contribution is 6.00. The highest BCUT2D eigenvalue weighted by Crippen LogP contribution is 2.30. The van der Waals surface area contributed by atoms with Crippen LogP contribution in [0.2, 0.25) is 0 Å². The van der Waals surface area contributed by atoms with Crippen molar-refractivity contribution < 1.29 is 9.72 Å². The van der Waals surface area contributed by atoms with Crippen LogP contribution in [-0.2, 0) is 0 Å². The van der Waals surface area contributed by atoms with Crippen LogP contribution in [-0.4, -0.2) is 16.4 Å². The first-order chi connectivity index (χ1) is 9.45. The van der Waals surface area contributed by atoms with E-state index in [1.54, 1.807) is 0 Å². The van der Waals surface area contributed by atoms with Crippen molar-refractivity contribution in [2.45, 2.75) is 38.1 Å². The van der Waals surface area contributed by atoms with Crippen molar-refractivity contribution in [3.63, 3.8) is 0 Å². The Morgan fingerprint density at radius 3 is 2.60 bits per heavy atom. The van der Waals surface area contributed by atoms with E-state index in [2.05, 4.69) is 10.7 Å². The number of amides is 1. The number of nitrogens with two attached hydrogens (primary N) is 1. The molecule has 0 radical (unpaired) electrons. The van der Waals surface area contributed by atoms with Crippen LogP contribution in [0.1, 0.15) is 43.0 Å². The number of nitro benzene ring substituents is 1. The van der Waals surface area contributed by atoms with E-state index in [1.165, 1.54) is 18.2 Å². The van der Waals surface area contributed by atoms with Gasteiger partial charge in [0.15, 0.2) is 0 Å². The number of non-ortho nitro benzene ring substituents is 1. The van der Waals surface area contributed by atoms with Crippen molar-refractivity contribution in [1.82, 2.24) is 5.32 Å². The number of nitrogens with one attached hydrogen (secondary N) is 2. The molecule has 2 rings (SSSR count). The number of benzene rings is 1. The molecule has 0 spiro atoms. The van der Waals surface area contributed by atoms with Gasteiger partial charge >= 0.3 is 0 Å². The maximum absolute atomic E-state index is 12.3. The SMILES string of the molecule is CC1(NC(=O)c2cc([N+](=O)[O-])ccc2NN)CCCC1. The van der Waals surface area contributed by atoms with E-state index in [0.717, 1.165) is 25.7 Å². The summed E-state index contributed by atoms with van der Waals surface area (Å²) in [5.74, 6) is 5.01. The molecular formula is C13H18N4O3. The zero-order valence-corrected chi connectivity index (χ0v) is 11.3. The molecule has 0 heterocycles. The summed E-state index contributed by atoms with van der Waals surface area (Å²) in [6.45, 7) is 1.99. The Hall–Kier alpha value is -2.15. The minimum absolute atomic E-state index is 0.134. The van der Waals surface area contributed by atoms with E-state index < -0.39 is 4.92 Å². The summed E-state index contributed by atoms with van der Waals surface area (Å²) < 4.78 is 0. The van der Waals surface area contributed by atoms with Gasteiger partial charge in [0.05, 0.1) is 16.2 Å². The molecule has 1 aliphatic rings. The van der Waals surface area contributed by atoms with Gasteiger partial charge in [0.25, 0.3) is 11.6 Å². The average molecular weight is 278 g/mol. The summed E-state index contributed by atoms with van der Waals surface area (Å²) in [5.41, 5.74) is 2.58. The van der Waals surface area contributed by atoms with Crippen molar-refractivity contribution in [3.8, 4) is 0 Å². The van der Waals surface area contributed by atoms with E-state index in [4.69, 9.17) is 5.84 Å². The summed E-state index contributed by atoms with van der Waals surface area (Å²) in [5, 5.41) is 13.8. The second-order valence-corrected chi connectivity index (χ2v) is 5.35. The summed E-state index contributed by atoms with van der Waals surface area (Å²) in [7, 11) is 0. The Morgan fingerprint density at radius 2 is 2.05 bits per heavy atom. The van der Waals surface area contributed by atoms with E-state index in [0.29, 0.717) is 5.69 Å². The van der Waals surface area contributed by atoms with E-state index in [9.17, 15) is 14.9 Å². The Morgan fingerprint density at radius 1 is 1.40 bits per heavy atom. The molecular weight excluding hydrogens is 260 g/mol. The molecule has 1 amide bonds. The lowest BCUT2D eigenvalue weighted by Crippen LogP contribution is -2.43. The number of nitrogens with zero attached hydrogens (tertiary/aromatic N) is 1. The van der Waals surface area contributed by atoms with Crippen molar-refractivity contribution in [2.75, 3.05) is 5.43 Å². The van der Waals surface area contributed by atoms with Gasteiger partial charge in [-0.15, -0.1) is 0 Å². The number of nitro groups is 1. The van der Waals surface area contributed by atoms with Crippen LogP contribution in [0.3, 0.4) is 0 Å². The van der Waals surface area contributed by atoms with Crippen molar-refractivity contribution in [1.29, 1.82) is 0 Å². The molecule has 1 saturated carbocycles. The molecule has 108 valence electrons. The van der Waals surface area contributed by atoms with Gasteiger partial charge in [-0.3, -0.25) is 20.8 Å². The number of carbonyl (C=O) groups is 1. The molecule has 1 aromatic carbocycles. The summed E-state index contributed by atoms with van der Waals surface area (Å²) in [6.07, 6.45) is 3.99. The Bertz CT molecular complexity index is 538. The molecule has 0 saturated heterocycles. The Kier molecular flexibility index (Phi) is 3.89. The molecule has 1 fully saturated rings. The number of carbonyl (C=O) groups excluding carboxylic acids is 1. The minimum Gasteiger partial charge on any atom is -0.347 e. The topological polar surface area (TPSA) is 110 Å². The molecule has 0 unspecified atom stereocenters. The lowest BCUT2D eigenvalue weighted by atomic mass is 9.99. The van der Waals surface area contributed by atoms with Crippen molar-refractivity contribution in [3.05, 3.63) is 33.9 Å². The van der Waals surface area contributed by atoms with Crippen molar-refractivity contribution in [2.24, 2.45) is 5.84 Å². The van der Waals surface area contributed by atoms with Crippen LogP contribution < -0.4 is 16.6 Å². The van der Waals surface area contributed by atoms with Crippen LogP contribution in [0.15, 0.2) is 18.2 Å². The van der Waals surface area contributed by atoms with E-state index in [-0.39, 0.29) is 22.7 Å².